The Kier molecular flexibility index (Phi) is 3.11. The average Bonchev–Trinajstić information content (AvgIpc) is 2.52. The topological polar surface area (TPSA) is 3.24 Å². The zero-order chi connectivity index (χ0) is 14.1. The van der Waals surface area contributed by atoms with E-state index in [1.165, 1.54) is 41.0 Å². The molecule has 0 heterocycles. The van der Waals surface area contributed by atoms with Crippen LogP contribution in [0.3, 0.4) is 0 Å². The lowest BCUT2D eigenvalue weighted by atomic mass is 9.88. The van der Waals surface area contributed by atoms with Gasteiger partial charge in [0.05, 0.1) is 0 Å². The highest BCUT2D eigenvalue weighted by molar-refractivity contribution is 5.71. The highest BCUT2D eigenvalue weighted by Crippen LogP contribution is 2.35. The molecule has 2 aromatic rings. The predicted octanol–water partition coefficient (Wildman–Crippen LogP) is 5.16. The van der Waals surface area contributed by atoms with Crippen LogP contribution in [-0.4, -0.2) is 0 Å². The molecule has 21 heavy (non-hydrogen) atoms. The van der Waals surface area contributed by atoms with Gasteiger partial charge in [0, 0.05) is 17.1 Å². The minimum Gasteiger partial charge on any atom is -0.311 e. The molecule has 0 unspecified atom stereocenters. The first-order valence-electron chi connectivity index (χ1n) is 7.75. The standard InChI is InChI=1S/C20H19N/c1-3-7-18(8-4-1)21(19-9-5-2-6-10-19)20-14-13-16-11-12-17(16)15-20/h1,3-5,7-10,13-15H,2,6,11-12H2. The average molecular weight is 273 g/mol. The number of para-hydroxylation sites is 1. The van der Waals surface area contributed by atoms with E-state index in [9.17, 15) is 0 Å². The molecular weight excluding hydrogens is 254 g/mol. The number of aryl methyl sites for hydroxylation is 2. The molecule has 0 aliphatic heterocycles. The van der Waals surface area contributed by atoms with Gasteiger partial charge in [-0.25, -0.2) is 0 Å². The lowest BCUT2D eigenvalue weighted by molar-refractivity contribution is 0.838. The lowest BCUT2D eigenvalue weighted by Crippen LogP contribution is -2.18. The summed E-state index contributed by atoms with van der Waals surface area (Å²) >= 11 is 0. The van der Waals surface area contributed by atoms with Gasteiger partial charge in [0.25, 0.3) is 0 Å². The van der Waals surface area contributed by atoms with Crippen LogP contribution in [0.2, 0.25) is 0 Å². The van der Waals surface area contributed by atoms with Crippen LogP contribution in [0.15, 0.2) is 72.5 Å². The number of allylic oxidation sites excluding steroid dienone is 3. The van der Waals surface area contributed by atoms with Crippen molar-refractivity contribution in [3.63, 3.8) is 0 Å². The molecule has 0 aromatic heterocycles. The molecule has 2 aliphatic rings. The van der Waals surface area contributed by atoms with E-state index in [2.05, 4.69) is 71.7 Å². The summed E-state index contributed by atoms with van der Waals surface area (Å²) in [5, 5.41) is 0. The summed E-state index contributed by atoms with van der Waals surface area (Å²) in [5.74, 6) is 0. The molecule has 1 nitrogen and oxygen atoms in total. The van der Waals surface area contributed by atoms with Gasteiger partial charge >= 0.3 is 0 Å². The van der Waals surface area contributed by atoms with E-state index < -0.39 is 0 Å². The van der Waals surface area contributed by atoms with Crippen LogP contribution >= 0.6 is 0 Å². The van der Waals surface area contributed by atoms with Crippen LogP contribution in [0.5, 0.6) is 0 Å². The maximum absolute atomic E-state index is 2.37. The first-order chi connectivity index (χ1) is 10.4. The number of nitrogens with zero attached hydrogens (tertiary/aromatic N) is 1. The summed E-state index contributed by atoms with van der Waals surface area (Å²) in [4.78, 5) is 2.37. The Balaban J connectivity index is 1.80. The first-order valence-corrected chi connectivity index (χ1v) is 7.75. The maximum atomic E-state index is 2.37. The van der Waals surface area contributed by atoms with Gasteiger partial charge in [-0.2, -0.15) is 0 Å². The van der Waals surface area contributed by atoms with E-state index in [0.717, 1.165) is 12.8 Å². The second kappa shape index (κ2) is 5.25. The van der Waals surface area contributed by atoms with Crippen molar-refractivity contribution in [2.24, 2.45) is 0 Å². The molecule has 104 valence electrons. The van der Waals surface area contributed by atoms with Gasteiger partial charge in [0.2, 0.25) is 0 Å². The highest BCUT2D eigenvalue weighted by Gasteiger charge is 2.18. The van der Waals surface area contributed by atoms with Gasteiger partial charge in [0.15, 0.2) is 0 Å². The maximum Gasteiger partial charge on any atom is 0.0464 e. The Morgan fingerprint density at radius 1 is 0.762 bits per heavy atom. The SMILES string of the molecule is C1=CC(N(c2ccccc2)c2ccc3c(c2)CC3)=CCC1. The fraction of sp³-hybridized carbons (Fsp3) is 0.200. The monoisotopic (exact) mass is 273 g/mol. The van der Waals surface area contributed by atoms with Crippen LogP contribution in [-0.2, 0) is 12.8 Å². The van der Waals surface area contributed by atoms with Crippen molar-refractivity contribution in [2.75, 3.05) is 4.90 Å². The van der Waals surface area contributed by atoms with Crippen LogP contribution in [0, 0.1) is 0 Å². The predicted molar refractivity (Wildman–Crippen MR) is 88.9 cm³/mol. The fourth-order valence-corrected chi connectivity index (χ4v) is 3.11. The second-order valence-corrected chi connectivity index (χ2v) is 5.73. The van der Waals surface area contributed by atoms with Gasteiger partial charge in [-0.1, -0.05) is 36.4 Å². The third-order valence-electron chi connectivity index (χ3n) is 4.36. The molecule has 1 heteroatoms. The lowest BCUT2D eigenvalue weighted by Gasteiger charge is -2.30. The van der Waals surface area contributed by atoms with Gasteiger partial charge < -0.3 is 4.90 Å². The molecular formula is C20H19N. The van der Waals surface area contributed by atoms with Crippen LogP contribution in [0.25, 0.3) is 0 Å². The summed E-state index contributed by atoms with van der Waals surface area (Å²) in [5.41, 5.74) is 6.81. The molecule has 2 aromatic carbocycles. The van der Waals surface area contributed by atoms with Crippen molar-refractivity contribution in [3.05, 3.63) is 83.6 Å². The molecule has 0 saturated heterocycles. The van der Waals surface area contributed by atoms with Crippen molar-refractivity contribution in [2.45, 2.75) is 25.7 Å². The van der Waals surface area contributed by atoms with E-state index >= 15 is 0 Å². The quantitative estimate of drug-likeness (QED) is 0.747. The van der Waals surface area contributed by atoms with E-state index in [-0.39, 0.29) is 0 Å². The third-order valence-corrected chi connectivity index (χ3v) is 4.36. The van der Waals surface area contributed by atoms with Gasteiger partial charge in [-0.15, -0.1) is 0 Å². The zero-order valence-corrected chi connectivity index (χ0v) is 12.1. The summed E-state index contributed by atoms with van der Waals surface area (Å²) in [6.07, 6.45) is 11.6. The molecule has 0 amide bonds. The summed E-state index contributed by atoms with van der Waals surface area (Å²) in [6.45, 7) is 0. The van der Waals surface area contributed by atoms with Crippen molar-refractivity contribution in [1.29, 1.82) is 0 Å². The first kappa shape index (κ1) is 12.5. The summed E-state index contributed by atoms with van der Waals surface area (Å²) in [6, 6.07) is 17.6. The number of hydrogen-bond acceptors (Lipinski definition) is 1. The largest absolute Gasteiger partial charge is 0.311 e. The molecule has 0 radical (unpaired) electrons. The molecule has 0 bridgehead atoms. The fourth-order valence-electron chi connectivity index (χ4n) is 3.11. The number of fused-ring (bicyclic) bond motifs is 1. The van der Waals surface area contributed by atoms with E-state index in [0.29, 0.717) is 0 Å². The van der Waals surface area contributed by atoms with E-state index in [1.807, 2.05) is 0 Å². The Morgan fingerprint density at radius 2 is 1.62 bits per heavy atom. The third kappa shape index (κ3) is 2.29. The van der Waals surface area contributed by atoms with Crippen LogP contribution in [0.4, 0.5) is 11.4 Å². The Bertz CT molecular complexity index is 710. The molecule has 0 N–H and O–H groups in total. The zero-order valence-electron chi connectivity index (χ0n) is 12.1. The molecule has 0 fully saturated rings. The molecule has 0 saturated carbocycles. The summed E-state index contributed by atoms with van der Waals surface area (Å²) in [7, 11) is 0. The number of benzene rings is 2. The van der Waals surface area contributed by atoms with E-state index in [1.54, 1.807) is 0 Å². The van der Waals surface area contributed by atoms with Crippen molar-refractivity contribution < 1.29 is 0 Å². The Morgan fingerprint density at radius 3 is 2.29 bits per heavy atom. The Hall–Kier alpha value is -2.28. The smallest absolute Gasteiger partial charge is 0.0464 e. The van der Waals surface area contributed by atoms with Crippen LogP contribution in [0.1, 0.15) is 24.0 Å². The number of anilines is 2. The number of hydrogen-bond donors (Lipinski definition) is 0. The minimum absolute atomic E-state index is 1.13. The van der Waals surface area contributed by atoms with Crippen molar-refractivity contribution >= 4 is 11.4 Å². The normalized spacial score (nSPS) is 15.9. The minimum atomic E-state index is 1.13. The highest BCUT2D eigenvalue weighted by atomic mass is 15.1. The van der Waals surface area contributed by atoms with Gasteiger partial charge in [0.1, 0.15) is 0 Å². The molecule has 4 rings (SSSR count). The number of rotatable bonds is 3. The van der Waals surface area contributed by atoms with Crippen molar-refractivity contribution in [3.8, 4) is 0 Å². The van der Waals surface area contributed by atoms with Gasteiger partial charge in [-0.05, 0) is 67.2 Å². The molecule has 0 atom stereocenters. The van der Waals surface area contributed by atoms with Crippen molar-refractivity contribution in [1.82, 2.24) is 0 Å². The molecule has 0 spiro atoms. The van der Waals surface area contributed by atoms with Crippen LogP contribution < -0.4 is 4.90 Å². The Labute approximate surface area is 126 Å². The summed E-state index contributed by atoms with van der Waals surface area (Å²) < 4.78 is 0. The van der Waals surface area contributed by atoms with Gasteiger partial charge in [-0.3, -0.25) is 0 Å². The van der Waals surface area contributed by atoms with E-state index in [4.69, 9.17) is 0 Å². The molecule has 2 aliphatic carbocycles. The second-order valence-electron chi connectivity index (χ2n) is 5.73.